The first kappa shape index (κ1) is 22.6. The number of pyridine rings is 1. The van der Waals surface area contributed by atoms with Gasteiger partial charge in [-0.2, -0.15) is 5.10 Å². The van der Waals surface area contributed by atoms with Crippen molar-refractivity contribution in [2.75, 3.05) is 11.9 Å². The number of amides is 3. The Labute approximate surface area is 183 Å². The van der Waals surface area contributed by atoms with Gasteiger partial charge < -0.3 is 20.7 Å². The summed E-state index contributed by atoms with van der Waals surface area (Å²) >= 11 is 0. The van der Waals surface area contributed by atoms with Gasteiger partial charge >= 0.3 is 12.1 Å². The maximum absolute atomic E-state index is 12.7. The molecule has 1 saturated carbocycles. The van der Waals surface area contributed by atoms with Gasteiger partial charge in [0.05, 0.1) is 11.2 Å². The lowest BCUT2D eigenvalue weighted by Gasteiger charge is -2.35. The molecule has 0 unspecified atom stereocenters. The van der Waals surface area contributed by atoms with Crippen molar-refractivity contribution < 1.29 is 14.3 Å². The highest BCUT2D eigenvalue weighted by atomic mass is 16.6. The molecule has 2 aromatic rings. The summed E-state index contributed by atoms with van der Waals surface area (Å²) in [6.45, 7) is 5.82. The van der Waals surface area contributed by atoms with Crippen LogP contribution < -0.4 is 16.0 Å². The minimum absolute atomic E-state index is 0.315. The monoisotopic (exact) mass is 428 g/mol. The molecule has 3 amide bonds. The van der Waals surface area contributed by atoms with Gasteiger partial charge in [0, 0.05) is 25.1 Å². The number of carbonyl (C=O) groups is 2. The summed E-state index contributed by atoms with van der Waals surface area (Å²) < 4.78 is 7.06. The number of alkyl carbamates (subject to hydrolysis) is 1. The van der Waals surface area contributed by atoms with E-state index in [1.165, 1.54) is 0 Å². The van der Waals surface area contributed by atoms with Gasteiger partial charge in [0.1, 0.15) is 5.60 Å². The van der Waals surface area contributed by atoms with Crippen LogP contribution in [-0.2, 0) is 4.74 Å². The predicted molar refractivity (Wildman–Crippen MR) is 118 cm³/mol. The lowest BCUT2D eigenvalue weighted by molar-refractivity contribution is 0.0442. The third-order valence-corrected chi connectivity index (χ3v) is 5.17. The van der Waals surface area contributed by atoms with Crippen molar-refractivity contribution in [3.8, 4) is 5.82 Å². The van der Waals surface area contributed by atoms with Gasteiger partial charge in [-0.15, -0.1) is 0 Å². The van der Waals surface area contributed by atoms with Gasteiger partial charge in [-0.1, -0.05) is 25.7 Å². The van der Waals surface area contributed by atoms with Crippen LogP contribution in [0.4, 0.5) is 15.3 Å². The van der Waals surface area contributed by atoms with Crippen molar-refractivity contribution in [2.24, 2.45) is 0 Å². The SMILES string of the molecule is CC(C)(C)OC(=O)NC1(CNC(=O)Nc2cccnc2-n2cccn2)CCCCCC1. The van der Waals surface area contributed by atoms with E-state index in [1.807, 2.05) is 20.8 Å². The second-order valence-electron chi connectivity index (χ2n) is 8.95. The van der Waals surface area contributed by atoms with E-state index in [9.17, 15) is 9.59 Å². The van der Waals surface area contributed by atoms with Crippen LogP contribution in [0.2, 0.25) is 0 Å². The Hall–Kier alpha value is -3.10. The van der Waals surface area contributed by atoms with Crippen LogP contribution >= 0.6 is 0 Å². The van der Waals surface area contributed by atoms with Crippen molar-refractivity contribution >= 4 is 17.8 Å². The van der Waals surface area contributed by atoms with Gasteiger partial charge in [0.15, 0.2) is 5.82 Å². The number of anilines is 1. The van der Waals surface area contributed by atoms with E-state index in [-0.39, 0.29) is 6.03 Å². The molecule has 3 rings (SSSR count). The van der Waals surface area contributed by atoms with Gasteiger partial charge in [0.2, 0.25) is 0 Å². The molecule has 3 N–H and O–H groups in total. The van der Waals surface area contributed by atoms with Crippen LogP contribution in [0, 0.1) is 0 Å². The Morgan fingerprint density at radius 2 is 1.87 bits per heavy atom. The summed E-state index contributed by atoms with van der Waals surface area (Å²) in [7, 11) is 0. The molecule has 0 saturated heterocycles. The zero-order valence-corrected chi connectivity index (χ0v) is 18.5. The van der Waals surface area contributed by atoms with Gasteiger partial charge in [0.25, 0.3) is 0 Å². The average Bonchev–Trinajstić information content (AvgIpc) is 3.13. The molecule has 31 heavy (non-hydrogen) atoms. The molecule has 9 heteroatoms. The number of ether oxygens (including phenoxy) is 1. The highest BCUT2D eigenvalue weighted by Gasteiger charge is 2.34. The number of nitrogens with zero attached hydrogens (tertiary/aromatic N) is 3. The molecule has 1 aliphatic rings. The number of nitrogens with one attached hydrogen (secondary N) is 3. The molecule has 2 aromatic heterocycles. The Bertz CT molecular complexity index is 868. The zero-order valence-electron chi connectivity index (χ0n) is 18.5. The summed E-state index contributed by atoms with van der Waals surface area (Å²) in [5.74, 6) is 0.527. The molecule has 2 heterocycles. The van der Waals surface area contributed by atoms with Crippen LogP contribution in [0.3, 0.4) is 0 Å². The first-order valence-electron chi connectivity index (χ1n) is 10.8. The number of hydrogen-bond acceptors (Lipinski definition) is 5. The van der Waals surface area contributed by atoms with E-state index in [2.05, 4.69) is 26.0 Å². The quantitative estimate of drug-likeness (QED) is 0.623. The minimum Gasteiger partial charge on any atom is -0.444 e. The number of aromatic nitrogens is 3. The third kappa shape index (κ3) is 6.70. The van der Waals surface area contributed by atoms with Gasteiger partial charge in [-0.05, 0) is 51.8 Å². The van der Waals surface area contributed by atoms with E-state index < -0.39 is 17.2 Å². The molecular formula is C22H32N6O3. The Morgan fingerprint density at radius 3 is 2.52 bits per heavy atom. The van der Waals surface area contributed by atoms with E-state index in [0.717, 1.165) is 38.5 Å². The summed E-state index contributed by atoms with van der Waals surface area (Å²) in [6.07, 6.45) is 10.4. The maximum Gasteiger partial charge on any atom is 0.408 e. The minimum atomic E-state index is -0.579. The average molecular weight is 429 g/mol. The fraction of sp³-hybridized carbons (Fsp3) is 0.545. The van der Waals surface area contributed by atoms with Gasteiger partial charge in [-0.3, -0.25) is 0 Å². The van der Waals surface area contributed by atoms with Crippen molar-refractivity contribution in [2.45, 2.75) is 70.4 Å². The van der Waals surface area contributed by atoms with E-state index in [1.54, 1.807) is 41.5 Å². The number of hydrogen-bond donors (Lipinski definition) is 3. The lowest BCUT2D eigenvalue weighted by Crippen LogP contribution is -2.56. The van der Waals surface area contributed by atoms with Crippen LogP contribution in [0.1, 0.15) is 59.3 Å². The van der Waals surface area contributed by atoms with Crippen molar-refractivity contribution in [1.29, 1.82) is 0 Å². The zero-order chi connectivity index (χ0) is 22.3. The summed E-state index contributed by atoms with van der Waals surface area (Å²) in [5.41, 5.74) is -0.571. The molecule has 1 fully saturated rings. The Balaban J connectivity index is 1.66. The molecule has 9 nitrogen and oxygen atoms in total. The van der Waals surface area contributed by atoms with Crippen LogP contribution in [0.5, 0.6) is 0 Å². The summed E-state index contributed by atoms with van der Waals surface area (Å²) in [6, 6.07) is 4.94. The molecular weight excluding hydrogens is 396 g/mol. The highest BCUT2D eigenvalue weighted by Crippen LogP contribution is 2.27. The van der Waals surface area contributed by atoms with E-state index in [4.69, 9.17) is 4.74 Å². The smallest absolute Gasteiger partial charge is 0.408 e. The molecule has 0 radical (unpaired) electrons. The first-order valence-corrected chi connectivity index (χ1v) is 10.8. The standard InChI is InChI=1S/C22H32N6O3/c1-21(2,3)31-20(30)27-22(11-6-4-5-7-12-22)16-24-19(29)26-17-10-8-13-23-18(17)28-15-9-14-25-28/h8-10,13-15H,4-7,11-12,16H2,1-3H3,(H,27,30)(H2,24,26,29). The highest BCUT2D eigenvalue weighted by molar-refractivity contribution is 5.91. The summed E-state index contributed by atoms with van der Waals surface area (Å²) in [4.78, 5) is 29.5. The summed E-state index contributed by atoms with van der Waals surface area (Å²) in [5, 5.41) is 13.0. The van der Waals surface area contributed by atoms with Crippen molar-refractivity contribution in [3.63, 3.8) is 0 Å². The fourth-order valence-electron chi connectivity index (χ4n) is 3.76. The lowest BCUT2D eigenvalue weighted by atomic mass is 9.90. The van der Waals surface area contributed by atoms with Crippen LogP contribution in [0.25, 0.3) is 5.82 Å². The Kier molecular flexibility index (Phi) is 7.14. The molecule has 1 aliphatic carbocycles. The molecule has 0 aliphatic heterocycles. The molecule has 0 spiro atoms. The van der Waals surface area contributed by atoms with Crippen molar-refractivity contribution in [3.05, 3.63) is 36.8 Å². The van der Waals surface area contributed by atoms with E-state index in [0.29, 0.717) is 18.1 Å². The normalized spacial score (nSPS) is 16.1. The second-order valence-corrected chi connectivity index (χ2v) is 8.95. The molecule has 168 valence electrons. The van der Waals surface area contributed by atoms with E-state index >= 15 is 0 Å². The van der Waals surface area contributed by atoms with Gasteiger partial charge in [-0.25, -0.2) is 19.3 Å². The second kappa shape index (κ2) is 9.80. The number of urea groups is 1. The van der Waals surface area contributed by atoms with Crippen LogP contribution in [0.15, 0.2) is 36.8 Å². The predicted octanol–water partition coefficient (Wildman–Crippen LogP) is 4.01. The maximum atomic E-state index is 12.7. The topological polar surface area (TPSA) is 110 Å². The third-order valence-electron chi connectivity index (χ3n) is 5.17. The molecule has 0 bridgehead atoms. The first-order chi connectivity index (χ1) is 14.8. The molecule has 0 aromatic carbocycles. The Morgan fingerprint density at radius 1 is 1.13 bits per heavy atom. The molecule has 0 atom stereocenters. The van der Waals surface area contributed by atoms with Crippen molar-refractivity contribution in [1.82, 2.24) is 25.4 Å². The number of carbonyl (C=O) groups excluding carboxylic acids is 2. The fourth-order valence-corrected chi connectivity index (χ4v) is 3.76. The largest absolute Gasteiger partial charge is 0.444 e. The number of rotatable bonds is 5. The van der Waals surface area contributed by atoms with Crippen LogP contribution in [-0.4, -0.2) is 44.6 Å².